The molecular formula is C20H29FO5. The summed E-state index contributed by atoms with van der Waals surface area (Å²) in [5.74, 6) is -0.701. The van der Waals surface area contributed by atoms with Gasteiger partial charge in [-0.3, -0.25) is 0 Å². The van der Waals surface area contributed by atoms with Gasteiger partial charge in [0.25, 0.3) is 0 Å². The number of carbonyl (C=O) groups excluding carboxylic acids is 1. The van der Waals surface area contributed by atoms with Gasteiger partial charge in [0.2, 0.25) is 0 Å². The van der Waals surface area contributed by atoms with E-state index in [-0.39, 0.29) is 25.3 Å². The minimum atomic E-state index is -0.952. The van der Waals surface area contributed by atoms with Gasteiger partial charge in [-0.1, -0.05) is 39.2 Å². The van der Waals surface area contributed by atoms with Crippen LogP contribution in [0, 0.1) is 5.82 Å². The third-order valence-electron chi connectivity index (χ3n) is 4.25. The van der Waals surface area contributed by atoms with E-state index >= 15 is 0 Å². The fourth-order valence-electron chi connectivity index (χ4n) is 2.73. The first kappa shape index (κ1) is 20.6. The molecule has 0 bridgehead atoms. The Balaban J connectivity index is 1.74. The van der Waals surface area contributed by atoms with Crippen molar-refractivity contribution >= 4 is 6.16 Å². The van der Waals surface area contributed by atoms with Gasteiger partial charge >= 0.3 is 6.16 Å². The van der Waals surface area contributed by atoms with Gasteiger partial charge in [-0.2, -0.15) is 0 Å². The minimum Gasteiger partial charge on any atom is -0.426 e. The number of aryl methyl sites for hydroxylation is 1. The summed E-state index contributed by atoms with van der Waals surface area (Å²) in [6, 6.07) is 4.61. The molecule has 146 valence electrons. The zero-order valence-electron chi connectivity index (χ0n) is 15.7. The Morgan fingerprint density at radius 1 is 1.15 bits per heavy atom. The van der Waals surface area contributed by atoms with Crippen LogP contribution < -0.4 is 4.74 Å². The highest BCUT2D eigenvalue weighted by atomic mass is 19.1. The fraction of sp³-hybridized carbons (Fsp3) is 0.650. The molecule has 1 aliphatic heterocycles. The van der Waals surface area contributed by atoms with Crippen molar-refractivity contribution < 1.29 is 28.1 Å². The summed E-state index contributed by atoms with van der Waals surface area (Å²) in [4.78, 5) is 11.9. The first-order chi connectivity index (χ1) is 12.6. The molecular weight excluding hydrogens is 339 g/mol. The number of carbonyl (C=O) groups is 1. The second kappa shape index (κ2) is 11.1. The average molecular weight is 368 g/mol. The van der Waals surface area contributed by atoms with E-state index in [1.54, 1.807) is 6.07 Å². The molecule has 1 fully saturated rings. The Morgan fingerprint density at radius 2 is 1.88 bits per heavy atom. The summed E-state index contributed by atoms with van der Waals surface area (Å²) in [6.45, 7) is 4.73. The molecule has 0 aliphatic carbocycles. The average Bonchev–Trinajstić information content (AvgIpc) is 2.63. The topological polar surface area (TPSA) is 54.0 Å². The maximum atomic E-state index is 14.0. The lowest BCUT2D eigenvalue weighted by atomic mass is 10.1. The SMILES string of the molecule is CCCCCC1OCC(OC(=O)Oc2ccc(CCCC)cc2F)CO1. The molecule has 1 saturated heterocycles. The van der Waals surface area contributed by atoms with Gasteiger partial charge in [-0.05, 0) is 43.4 Å². The monoisotopic (exact) mass is 368 g/mol. The number of ether oxygens (including phenoxy) is 4. The van der Waals surface area contributed by atoms with Crippen molar-refractivity contribution in [3.05, 3.63) is 29.6 Å². The van der Waals surface area contributed by atoms with E-state index in [9.17, 15) is 9.18 Å². The molecule has 1 aromatic carbocycles. The minimum absolute atomic E-state index is 0.134. The highest BCUT2D eigenvalue weighted by Crippen LogP contribution is 2.21. The molecule has 1 heterocycles. The quantitative estimate of drug-likeness (QED) is 0.349. The van der Waals surface area contributed by atoms with Crippen molar-refractivity contribution in [2.45, 2.75) is 71.2 Å². The predicted molar refractivity (Wildman–Crippen MR) is 95.7 cm³/mol. The van der Waals surface area contributed by atoms with E-state index in [0.29, 0.717) is 0 Å². The van der Waals surface area contributed by atoms with Gasteiger partial charge in [0.15, 0.2) is 24.0 Å². The molecule has 1 aliphatic rings. The number of unbranched alkanes of at least 4 members (excludes halogenated alkanes) is 3. The van der Waals surface area contributed by atoms with Crippen LogP contribution >= 0.6 is 0 Å². The second-order valence-electron chi connectivity index (χ2n) is 6.55. The third-order valence-corrected chi connectivity index (χ3v) is 4.25. The second-order valence-corrected chi connectivity index (χ2v) is 6.55. The summed E-state index contributed by atoms with van der Waals surface area (Å²) in [5, 5.41) is 0. The van der Waals surface area contributed by atoms with E-state index in [1.807, 2.05) is 0 Å². The Kier molecular flexibility index (Phi) is 8.85. The first-order valence-corrected chi connectivity index (χ1v) is 9.52. The van der Waals surface area contributed by atoms with Gasteiger partial charge < -0.3 is 18.9 Å². The van der Waals surface area contributed by atoms with Gasteiger partial charge in [-0.25, -0.2) is 9.18 Å². The summed E-state index contributed by atoms with van der Waals surface area (Å²) in [6.07, 6.45) is 5.24. The number of rotatable bonds is 9. The smallest absolute Gasteiger partial charge is 0.426 e. The molecule has 0 amide bonds. The van der Waals surface area contributed by atoms with Crippen molar-refractivity contribution in [3.63, 3.8) is 0 Å². The van der Waals surface area contributed by atoms with Gasteiger partial charge in [0, 0.05) is 0 Å². The van der Waals surface area contributed by atoms with Crippen LogP contribution in [0.15, 0.2) is 18.2 Å². The van der Waals surface area contributed by atoms with Crippen molar-refractivity contribution in [2.24, 2.45) is 0 Å². The number of halogens is 1. The van der Waals surface area contributed by atoms with Crippen molar-refractivity contribution in [2.75, 3.05) is 13.2 Å². The standard InChI is InChI=1S/C20H29FO5/c1-3-5-7-9-19-23-13-16(14-24-19)25-20(22)26-18-11-10-15(8-6-4-2)12-17(18)21/h10-12,16,19H,3-9,13-14H2,1-2H3. The van der Waals surface area contributed by atoms with E-state index < -0.39 is 18.1 Å². The molecule has 0 N–H and O–H groups in total. The molecule has 2 rings (SSSR count). The Morgan fingerprint density at radius 3 is 2.54 bits per heavy atom. The van der Waals surface area contributed by atoms with Crippen LogP contribution in [-0.2, 0) is 20.6 Å². The lowest BCUT2D eigenvalue weighted by molar-refractivity contribution is -0.220. The van der Waals surface area contributed by atoms with Gasteiger partial charge in [0.05, 0.1) is 13.2 Å². The molecule has 0 spiro atoms. The van der Waals surface area contributed by atoms with Crippen LogP contribution in [0.3, 0.4) is 0 Å². The van der Waals surface area contributed by atoms with Crippen LogP contribution in [0.1, 0.15) is 57.9 Å². The molecule has 5 nitrogen and oxygen atoms in total. The van der Waals surface area contributed by atoms with Crippen LogP contribution in [0.2, 0.25) is 0 Å². The lowest BCUT2D eigenvalue weighted by Gasteiger charge is -2.28. The Bertz CT molecular complexity index is 555. The predicted octanol–water partition coefficient (Wildman–Crippen LogP) is 5.01. The van der Waals surface area contributed by atoms with Crippen LogP contribution in [0.25, 0.3) is 0 Å². The lowest BCUT2D eigenvalue weighted by Crippen LogP contribution is -2.39. The van der Waals surface area contributed by atoms with E-state index in [0.717, 1.165) is 50.5 Å². The van der Waals surface area contributed by atoms with Crippen molar-refractivity contribution in [1.82, 2.24) is 0 Å². The van der Waals surface area contributed by atoms with Gasteiger partial charge in [-0.15, -0.1) is 0 Å². The largest absolute Gasteiger partial charge is 0.514 e. The molecule has 0 saturated carbocycles. The summed E-state index contributed by atoms with van der Waals surface area (Å²) >= 11 is 0. The summed E-state index contributed by atoms with van der Waals surface area (Å²) in [7, 11) is 0. The van der Waals surface area contributed by atoms with Crippen molar-refractivity contribution in [1.29, 1.82) is 0 Å². The Hall–Kier alpha value is -1.66. The zero-order valence-corrected chi connectivity index (χ0v) is 15.7. The number of hydrogen-bond donors (Lipinski definition) is 0. The highest BCUT2D eigenvalue weighted by Gasteiger charge is 2.26. The molecule has 0 unspecified atom stereocenters. The van der Waals surface area contributed by atoms with Crippen LogP contribution in [0.5, 0.6) is 5.75 Å². The first-order valence-electron chi connectivity index (χ1n) is 9.52. The molecule has 0 aromatic heterocycles. The van der Waals surface area contributed by atoms with E-state index in [4.69, 9.17) is 18.9 Å². The van der Waals surface area contributed by atoms with Crippen molar-refractivity contribution in [3.8, 4) is 5.75 Å². The molecule has 0 atom stereocenters. The summed E-state index contributed by atoms with van der Waals surface area (Å²) in [5.41, 5.74) is 0.883. The molecule has 1 aromatic rings. The maximum Gasteiger partial charge on any atom is 0.514 e. The van der Waals surface area contributed by atoms with Crippen LogP contribution in [0.4, 0.5) is 9.18 Å². The van der Waals surface area contributed by atoms with E-state index in [2.05, 4.69) is 13.8 Å². The highest BCUT2D eigenvalue weighted by molar-refractivity contribution is 5.64. The number of benzene rings is 1. The molecule has 26 heavy (non-hydrogen) atoms. The zero-order chi connectivity index (χ0) is 18.8. The maximum absolute atomic E-state index is 14.0. The number of hydrogen-bond acceptors (Lipinski definition) is 5. The van der Waals surface area contributed by atoms with Gasteiger partial charge in [0.1, 0.15) is 0 Å². The van der Waals surface area contributed by atoms with Crippen LogP contribution in [-0.4, -0.2) is 31.8 Å². The fourth-order valence-corrected chi connectivity index (χ4v) is 2.73. The van der Waals surface area contributed by atoms with E-state index in [1.165, 1.54) is 12.1 Å². The summed E-state index contributed by atoms with van der Waals surface area (Å²) < 4.78 is 35.2. The Labute approximate surface area is 154 Å². The molecule has 6 heteroatoms. The molecule has 0 radical (unpaired) electrons. The third kappa shape index (κ3) is 6.92. The normalized spacial score (nSPS) is 20.0.